The van der Waals surface area contributed by atoms with Gasteiger partial charge in [0.1, 0.15) is 11.9 Å². The Bertz CT molecular complexity index is 1150. The monoisotopic (exact) mass is 485 g/mol. The first kappa shape index (κ1) is 22.9. The summed E-state index contributed by atoms with van der Waals surface area (Å²) in [6.07, 6.45) is -0.618. The van der Waals surface area contributed by atoms with E-state index in [0.717, 1.165) is 0 Å². The maximum atomic E-state index is 15.2. The fraction of sp³-hybridized carbons (Fsp3) is 0.364. The number of hydrogen-bond acceptors (Lipinski definition) is 3. The summed E-state index contributed by atoms with van der Waals surface area (Å²) in [5, 5.41) is 17.8. The van der Waals surface area contributed by atoms with Crippen molar-refractivity contribution in [1.82, 2.24) is 15.1 Å². The van der Waals surface area contributed by atoms with Crippen LogP contribution in [0.15, 0.2) is 36.5 Å². The van der Waals surface area contributed by atoms with Crippen molar-refractivity contribution in [3.63, 3.8) is 0 Å². The number of piperidine rings is 1. The van der Waals surface area contributed by atoms with Crippen molar-refractivity contribution in [2.45, 2.75) is 31.3 Å². The van der Waals surface area contributed by atoms with Crippen LogP contribution in [0.5, 0.6) is 0 Å². The van der Waals surface area contributed by atoms with Gasteiger partial charge in [0.05, 0.1) is 23.2 Å². The van der Waals surface area contributed by atoms with Crippen LogP contribution in [0.1, 0.15) is 30.1 Å². The predicted octanol–water partition coefficient (Wildman–Crippen LogP) is 5.16. The van der Waals surface area contributed by atoms with Crippen LogP contribution in [0, 0.1) is 11.7 Å². The summed E-state index contributed by atoms with van der Waals surface area (Å²) in [6.45, 7) is 0.244. The van der Waals surface area contributed by atoms with Gasteiger partial charge in [-0.05, 0) is 42.7 Å². The van der Waals surface area contributed by atoms with Crippen LogP contribution in [0.25, 0.3) is 10.9 Å². The molecule has 0 radical (unpaired) electrons. The number of aliphatic hydroxyl groups is 1. The highest BCUT2D eigenvalue weighted by Gasteiger charge is 2.48. The Hall–Kier alpha value is -2.29. The summed E-state index contributed by atoms with van der Waals surface area (Å²) in [5.41, 5.74) is 0.756. The molecule has 4 rings (SSSR count). The predicted molar refractivity (Wildman–Crippen MR) is 115 cm³/mol. The van der Waals surface area contributed by atoms with E-state index in [2.05, 4.69) is 10.2 Å². The first-order valence-corrected chi connectivity index (χ1v) is 10.8. The molecule has 170 valence electrons. The molecule has 3 aromatic rings. The zero-order chi connectivity index (χ0) is 23.0. The van der Waals surface area contributed by atoms with E-state index in [1.807, 2.05) is 0 Å². The van der Waals surface area contributed by atoms with Gasteiger partial charge in [-0.25, -0.2) is 13.2 Å². The van der Waals surface area contributed by atoms with E-state index in [1.54, 1.807) is 12.1 Å². The van der Waals surface area contributed by atoms with Crippen molar-refractivity contribution in [2.24, 2.45) is 5.92 Å². The van der Waals surface area contributed by atoms with Crippen LogP contribution in [0.3, 0.4) is 0 Å². The molecule has 0 bridgehead atoms. The first-order chi connectivity index (χ1) is 15.2. The third kappa shape index (κ3) is 4.44. The summed E-state index contributed by atoms with van der Waals surface area (Å²) >= 11 is 11.7. The van der Waals surface area contributed by atoms with Gasteiger partial charge in [0.15, 0.2) is 0 Å². The van der Waals surface area contributed by atoms with Gasteiger partial charge in [0, 0.05) is 35.0 Å². The molecule has 0 unspecified atom stereocenters. The molecule has 1 fully saturated rings. The van der Waals surface area contributed by atoms with Gasteiger partial charge >= 0.3 is 0 Å². The second kappa shape index (κ2) is 8.92. The van der Waals surface area contributed by atoms with E-state index in [4.69, 9.17) is 23.2 Å². The number of carbonyl (C=O) groups is 1. The van der Waals surface area contributed by atoms with Gasteiger partial charge in [-0.1, -0.05) is 29.3 Å². The Morgan fingerprint density at radius 1 is 1.25 bits per heavy atom. The van der Waals surface area contributed by atoms with E-state index < -0.39 is 23.8 Å². The average Bonchev–Trinajstić information content (AvgIpc) is 3.23. The molecule has 0 spiro atoms. The van der Waals surface area contributed by atoms with Crippen LogP contribution in [-0.2, 0) is 11.2 Å². The number of rotatable bonds is 5. The van der Waals surface area contributed by atoms with Crippen LogP contribution in [0.4, 0.5) is 13.2 Å². The van der Waals surface area contributed by atoms with Gasteiger partial charge in [0.2, 0.25) is 5.91 Å². The molecule has 0 aliphatic carbocycles. The molecule has 2 N–H and O–H groups in total. The highest BCUT2D eigenvalue weighted by molar-refractivity contribution is 6.31. The molecular weight excluding hydrogens is 466 g/mol. The molecule has 1 aromatic heterocycles. The van der Waals surface area contributed by atoms with Gasteiger partial charge in [0.25, 0.3) is 5.92 Å². The normalized spacial score (nSPS) is 16.5. The average molecular weight is 486 g/mol. The number of aromatic amines is 1. The van der Waals surface area contributed by atoms with Gasteiger partial charge in [-0.15, -0.1) is 0 Å². The van der Waals surface area contributed by atoms with Crippen LogP contribution in [0.2, 0.25) is 10.0 Å². The molecule has 1 aliphatic rings. The Morgan fingerprint density at radius 3 is 2.66 bits per heavy atom. The number of halogens is 5. The SMILES string of the molecule is O=C(Cc1ccc(Cl)c(F)c1)N1CCC(C(F)(F)[C@H](O)c2cc(Cl)cc3cn[nH]c23)CC1. The summed E-state index contributed by atoms with van der Waals surface area (Å²) < 4.78 is 44.0. The number of likely N-dealkylation sites (tertiary alicyclic amines) is 1. The van der Waals surface area contributed by atoms with Crippen LogP contribution >= 0.6 is 23.2 Å². The maximum Gasteiger partial charge on any atom is 0.280 e. The van der Waals surface area contributed by atoms with Crippen molar-refractivity contribution >= 4 is 40.0 Å². The fourth-order valence-electron chi connectivity index (χ4n) is 4.14. The van der Waals surface area contributed by atoms with Crippen molar-refractivity contribution in [3.8, 4) is 0 Å². The number of nitrogens with zero attached hydrogens (tertiary/aromatic N) is 2. The second-order valence-electron chi connectivity index (χ2n) is 7.99. The highest BCUT2D eigenvalue weighted by atomic mass is 35.5. The van der Waals surface area contributed by atoms with E-state index in [1.165, 1.54) is 29.3 Å². The summed E-state index contributed by atoms with van der Waals surface area (Å²) in [4.78, 5) is 14.0. The number of carbonyl (C=O) groups excluding carboxylic acids is 1. The third-order valence-electron chi connectivity index (χ3n) is 5.93. The first-order valence-electron chi connectivity index (χ1n) is 10.1. The summed E-state index contributed by atoms with van der Waals surface area (Å²) in [6, 6.07) is 7.01. The second-order valence-corrected chi connectivity index (χ2v) is 8.83. The number of benzene rings is 2. The van der Waals surface area contributed by atoms with Crippen molar-refractivity contribution in [3.05, 3.63) is 63.5 Å². The Balaban J connectivity index is 1.42. The molecule has 2 aromatic carbocycles. The zero-order valence-electron chi connectivity index (χ0n) is 16.8. The lowest BCUT2D eigenvalue weighted by molar-refractivity contribution is -0.164. The number of aromatic nitrogens is 2. The lowest BCUT2D eigenvalue weighted by Gasteiger charge is -2.38. The quantitative estimate of drug-likeness (QED) is 0.524. The molecule has 1 amide bonds. The Labute approximate surface area is 192 Å². The molecule has 1 atom stereocenters. The van der Waals surface area contributed by atoms with E-state index >= 15 is 8.78 Å². The van der Waals surface area contributed by atoms with Crippen molar-refractivity contribution < 1.29 is 23.1 Å². The smallest absolute Gasteiger partial charge is 0.280 e. The molecule has 0 saturated carbocycles. The molecule has 1 saturated heterocycles. The molecule has 32 heavy (non-hydrogen) atoms. The number of aliphatic hydroxyl groups excluding tert-OH is 1. The minimum Gasteiger partial charge on any atom is -0.382 e. The number of H-pyrrole nitrogens is 1. The molecule has 10 heteroatoms. The number of hydrogen-bond donors (Lipinski definition) is 2. The van der Waals surface area contributed by atoms with E-state index in [-0.39, 0.29) is 53.9 Å². The summed E-state index contributed by atoms with van der Waals surface area (Å²) in [5.74, 6) is -5.44. The van der Waals surface area contributed by atoms with E-state index in [0.29, 0.717) is 16.5 Å². The topological polar surface area (TPSA) is 69.2 Å². The lowest BCUT2D eigenvalue weighted by Crippen LogP contribution is -2.45. The van der Waals surface area contributed by atoms with Gasteiger partial charge in [-0.3, -0.25) is 9.89 Å². The fourth-order valence-corrected chi connectivity index (χ4v) is 4.50. The van der Waals surface area contributed by atoms with Crippen molar-refractivity contribution in [2.75, 3.05) is 13.1 Å². The molecular formula is C22H20Cl2F3N3O2. The minimum absolute atomic E-state index is 0.0155. The van der Waals surface area contributed by atoms with E-state index in [9.17, 15) is 14.3 Å². The van der Waals surface area contributed by atoms with Gasteiger partial charge < -0.3 is 10.0 Å². The van der Waals surface area contributed by atoms with Crippen LogP contribution in [-0.4, -0.2) is 45.1 Å². The molecule has 1 aliphatic heterocycles. The highest BCUT2D eigenvalue weighted by Crippen LogP contribution is 2.44. The number of amides is 1. The summed E-state index contributed by atoms with van der Waals surface area (Å²) in [7, 11) is 0. The third-order valence-corrected chi connectivity index (χ3v) is 6.46. The maximum absolute atomic E-state index is 15.2. The Morgan fingerprint density at radius 2 is 1.97 bits per heavy atom. The van der Waals surface area contributed by atoms with Crippen LogP contribution < -0.4 is 0 Å². The molecule has 2 heterocycles. The lowest BCUT2D eigenvalue weighted by atomic mass is 9.84. The number of nitrogens with one attached hydrogen (secondary N) is 1. The van der Waals surface area contributed by atoms with Gasteiger partial charge in [-0.2, -0.15) is 5.10 Å². The van der Waals surface area contributed by atoms with Crippen molar-refractivity contribution in [1.29, 1.82) is 0 Å². The number of fused-ring (bicyclic) bond motifs is 1. The largest absolute Gasteiger partial charge is 0.382 e. The number of alkyl halides is 2. The Kier molecular flexibility index (Phi) is 6.38. The zero-order valence-corrected chi connectivity index (χ0v) is 18.3. The minimum atomic E-state index is -3.43. The standard InChI is InChI=1S/C22H20Cl2F3N3O2/c23-15-9-13-11-28-29-20(13)16(10-15)21(32)22(26,27)14-3-5-30(6-4-14)19(31)8-12-1-2-17(24)18(25)7-12/h1-2,7,9-11,14,21,32H,3-6,8H2,(H,28,29)/t21-/m1/s1. The molecule has 5 nitrogen and oxygen atoms in total.